The summed E-state index contributed by atoms with van der Waals surface area (Å²) in [5.74, 6) is 0.366. The lowest BCUT2D eigenvalue weighted by Crippen LogP contribution is -2.11. The van der Waals surface area contributed by atoms with Crippen molar-refractivity contribution in [3.63, 3.8) is 0 Å². The van der Waals surface area contributed by atoms with E-state index in [0.29, 0.717) is 27.7 Å². The third-order valence-corrected chi connectivity index (χ3v) is 4.60. The Bertz CT molecular complexity index is 1060. The standard InChI is InChI=1S/C20H14N4O2S/c1-26-18-7-6-15(10-16(18)8-9-21)17-12-27-20(23-17)24-19(25)14-4-2-13(11-22)3-5-14/h2-7,10,12H,8H2,1H3,(H,23,24,25). The fourth-order valence-electron chi connectivity index (χ4n) is 2.49. The van der Waals surface area contributed by atoms with Gasteiger partial charge in [0.1, 0.15) is 5.75 Å². The maximum absolute atomic E-state index is 12.3. The normalized spacial score (nSPS) is 9.89. The third-order valence-electron chi connectivity index (χ3n) is 3.85. The van der Waals surface area contributed by atoms with Gasteiger partial charge in [-0.05, 0) is 42.5 Å². The lowest BCUT2D eigenvalue weighted by atomic mass is 10.1. The smallest absolute Gasteiger partial charge is 0.257 e. The molecule has 3 rings (SSSR count). The summed E-state index contributed by atoms with van der Waals surface area (Å²) in [4.78, 5) is 16.7. The van der Waals surface area contributed by atoms with E-state index in [0.717, 1.165) is 11.1 Å². The number of nitrogens with one attached hydrogen (secondary N) is 1. The van der Waals surface area contributed by atoms with Crippen LogP contribution in [-0.4, -0.2) is 18.0 Å². The molecular weight excluding hydrogens is 360 g/mol. The molecule has 27 heavy (non-hydrogen) atoms. The highest BCUT2D eigenvalue weighted by atomic mass is 32.1. The number of ether oxygens (including phenoxy) is 1. The van der Waals surface area contributed by atoms with Crippen molar-refractivity contribution in [2.75, 3.05) is 12.4 Å². The van der Waals surface area contributed by atoms with Crippen LogP contribution in [-0.2, 0) is 6.42 Å². The number of nitriles is 2. The summed E-state index contributed by atoms with van der Waals surface area (Å²) in [6.45, 7) is 0. The molecule has 3 aromatic rings. The minimum absolute atomic E-state index is 0.240. The number of hydrogen-bond acceptors (Lipinski definition) is 6. The molecule has 1 amide bonds. The van der Waals surface area contributed by atoms with Gasteiger partial charge in [0, 0.05) is 22.1 Å². The number of anilines is 1. The van der Waals surface area contributed by atoms with E-state index in [1.54, 1.807) is 37.4 Å². The molecule has 0 bridgehead atoms. The first-order valence-electron chi connectivity index (χ1n) is 7.96. The zero-order chi connectivity index (χ0) is 19.2. The quantitative estimate of drug-likeness (QED) is 0.727. The summed E-state index contributed by atoms with van der Waals surface area (Å²) in [6.07, 6.45) is 0.240. The highest BCUT2D eigenvalue weighted by molar-refractivity contribution is 7.14. The van der Waals surface area contributed by atoms with Gasteiger partial charge >= 0.3 is 0 Å². The van der Waals surface area contributed by atoms with E-state index in [-0.39, 0.29) is 12.3 Å². The molecular formula is C20H14N4O2S. The van der Waals surface area contributed by atoms with Gasteiger partial charge in [-0.3, -0.25) is 10.1 Å². The van der Waals surface area contributed by atoms with Crippen LogP contribution >= 0.6 is 11.3 Å². The molecule has 132 valence electrons. The number of methoxy groups -OCH3 is 1. The van der Waals surface area contributed by atoms with Crippen molar-refractivity contribution < 1.29 is 9.53 Å². The number of amides is 1. The molecule has 0 saturated heterocycles. The molecule has 2 aromatic carbocycles. The van der Waals surface area contributed by atoms with Gasteiger partial charge in [-0.25, -0.2) is 4.98 Å². The Hall–Kier alpha value is -3.68. The molecule has 0 saturated carbocycles. The molecule has 0 spiro atoms. The summed E-state index contributed by atoms with van der Waals surface area (Å²) < 4.78 is 5.27. The van der Waals surface area contributed by atoms with E-state index in [1.165, 1.54) is 11.3 Å². The minimum Gasteiger partial charge on any atom is -0.496 e. The van der Waals surface area contributed by atoms with Gasteiger partial charge in [-0.1, -0.05) is 0 Å². The summed E-state index contributed by atoms with van der Waals surface area (Å²) >= 11 is 1.31. The zero-order valence-corrected chi connectivity index (χ0v) is 15.2. The Kier molecular flexibility index (Phi) is 5.46. The molecule has 0 aliphatic rings. The van der Waals surface area contributed by atoms with Gasteiger partial charge in [0.2, 0.25) is 0 Å². The lowest BCUT2D eigenvalue weighted by molar-refractivity contribution is 0.102. The maximum Gasteiger partial charge on any atom is 0.257 e. The molecule has 1 aromatic heterocycles. The summed E-state index contributed by atoms with van der Waals surface area (Å²) in [7, 11) is 1.56. The summed E-state index contributed by atoms with van der Waals surface area (Å²) in [5, 5.41) is 22.8. The zero-order valence-electron chi connectivity index (χ0n) is 14.4. The molecule has 0 aliphatic heterocycles. The number of nitrogens with zero attached hydrogens (tertiary/aromatic N) is 3. The van der Waals surface area contributed by atoms with Crippen molar-refractivity contribution >= 4 is 22.4 Å². The largest absolute Gasteiger partial charge is 0.496 e. The summed E-state index contributed by atoms with van der Waals surface area (Å²) in [6, 6.07) is 16.0. The molecule has 0 aliphatic carbocycles. The van der Waals surface area contributed by atoms with Crippen molar-refractivity contribution in [2.24, 2.45) is 0 Å². The number of carbonyl (C=O) groups excluding carboxylic acids is 1. The van der Waals surface area contributed by atoms with E-state index in [2.05, 4.69) is 16.4 Å². The second kappa shape index (κ2) is 8.13. The van der Waals surface area contributed by atoms with Crippen molar-refractivity contribution in [3.05, 3.63) is 64.5 Å². The summed E-state index contributed by atoms with van der Waals surface area (Å²) in [5.41, 5.74) is 3.28. The first-order chi connectivity index (χ1) is 13.1. The minimum atomic E-state index is -0.291. The Morgan fingerprint density at radius 2 is 2.00 bits per heavy atom. The molecule has 0 fully saturated rings. The van der Waals surface area contributed by atoms with Crippen LogP contribution in [0, 0.1) is 22.7 Å². The second-order valence-corrected chi connectivity index (χ2v) is 6.40. The Labute approximate surface area is 160 Å². The average molecular weight is 374 g/mol. The van der Waals surface area contributed by atoms with Gasteiger partial charge < -0.3 is 4.74 Å². The van der Waals surface area contributed by atoms with Gasteiger partial charge in [0.05, 0.1) is 36.9 Å². The van der Waals surface area contributed by atoms with E-state index in [9.17, 15) is 4.79 Å². The topological polar surface area (TPSA) is 98.8 Å². The average Bonchev–Trinajstić information content (AvgIpc) is 3.16. The Morgan fingerprint density at radius 3 is 2.67 bits per heavy atom. The lowest BCUT2D eigenvalue weighted by Gasteiger charge is -2.07. The number of aromatic nitrogens is 1. The van der Waals surface area contributed by atoms with Crippen molar-refractivity contribution in [2.45, 2.75) is 6.42 Å². The van der Waals surface area contributed by atoms with Crippen LogP contribution in [0.5, 0.6) is 5.75 Å². The first-order valence-corrected chi connectivity index (χ1v) is 8.84. The molecule has 6 nitrogen and oxygen atoms in total. The fraction of sp³-hybridized carbons (Fsp3) is 0.100. The van der Waals surface area contributed by atoms with Crippen molar-refractivity contribution in [3.8, 4) is 29.1 Å². The monoisotopic (exact) mass is 374 g/mol. The van der Waals surface area contributed by atoms with E-state index < -0.39 is 0 Å². The van der Waals surface area contributed by atoms with E-state index in [1.807, 2.05) is 23.6 Å². The SMILES string of the molecule is COc1ccc(-c2csc(NC(=O)c3ccc(C#N)cc3)n2)cc1CC#N. The van der Waals surface area contributed by atoms with E-state index in [4.69, 9.17) is 15.3 Å². The Balaban J connectivity index is 1.78. The van der Waals surface area contributed by atoms with Gasteiger partial charge in [-0.2, -0.15) is 10.5 Å². The predicted octanol–water partition coefficient (Wildman–Crippen LogP) is 4.01. The second-order valence-electron chi connectivity index (χ2n) is 5.54. The number of hydrogen-bond donors (Lipinski definition) is 1. The predicted molar refractivity (Wildman–Crippen MR) is 103 cm³/mol. The third kappa shape index (κ3) is 4.12. The molecule has 0 unspecified atom stereocenters. The Morgan fingerprint density at radius 1 is 1.22 bits per heavy atom. The molecule has 0 atom stereocenters. The van der Waals surface area contributed by atoms with Crippen LogP contribution in [0.1, 0.15) is 21.5 Å². The number of carbonyl (C=O) groups is 1. The van der Waals surface area contributed by atoms with Crippen LogP contribution in [0.4, 0.5) is 5.13 Å². The maximum atomic E-state index is 12.3. The van der Waals surface area contributed by atoms with Crippen molar-refractivity contribution in [1.82, 2.24) is 4.98 Å². The highest BCUT2D eigenvalue weighted by Crippen LogP contribution is 2.29. The highest BCUT2D eigenvalue weighted by Gasteiger charge is 2.12. The van der Waals surface area contributed by atoms with Crippen molar-refractivity contribution in [1.29, 1.82) is 10.5 Å². The van der Waals surface area contributed by atoms with E-state index >= 15 is 0 Å². The van der Waals surface area contributed by atoms with Crippen LogP contribution < -0.4 is 10.1 Å². The fourth-order valence-corrected chi connectivity index (χ4v) is 3.21. The van der Waals surface area contributed by atoms with Crippen LogP contribution in [0.3, 0.4) is 0 Å². The van der Waals surface area contributed by atoms with Crippen LogP contribution in [0.15, 0.2) is 47.8 Å². The molecule has 1 N–H and O–H groups in total. The molecule has 1 heterocycles. The van der Waals surface area contributed by atoms with Gasteiger partial charge in [0.25, 0.3) is 5.91 Å². The number of benzene rings is 2. The molecule has 7 heteroatoms. The van der Waals surface area contributed by atoms with Gasteiger partial charge in [0.15, 0.2) is 5.13 Å². The first kappa shape index (κ1) is 18.1. The molecule has 0 radical (unpaired) electrons. The van der Waals surface area contributed by atoms with Crippen LogP contribution in [0.25, 0.3) is 11.3 Å². The number of thiazole rings is 1. The number of rotatable bonds is 5. The van der Waals surface area contributed by atoms with Gasteiger partial charge in [-0.15, -0.1) is 11.3 Å². The van der Waals surface area contributed by atoms with Crippen LogP contribution in [0.2, 0.25) is 0 Å².